The highest BCUT2D eigenvalue weighted by Crippen LogP contribution is 2.42. The van der Waals surface area contributed by atoms with Crippen LogP contribution in [0.15, 0.2) is 35.5 Å². The summed E-state index contributed by atoms with van der Waals surface area (Å²) >= 11 is 12.5. The number of nitrogens with zero attached hydrogens (tertiary/aromatic N) is 2. The van der Waals surface area contributed by atoms with Crippen LogP contribution in [0.4, 0.5) is 0 Å². The fraction of sp³-hybridized carbons (Fsp3) is 0.462. The van der Waals surface area contributed by atoms with Gasteiger partial charge in [-0.3, -0.25) is 9.69 Å². The van der Waals surface area contributed by atoms with Crippen molar-refractivity contribution in [3.8, 4) is 17.2 Å². The van der Waals surface area contributed by atoms with Crippen molar-refractivity contribution in [1.29, 1.82) is 0 Å². The summed E-state index contributed by atoms with van der Waals surface area (Å²) in [6.45, 7) is 7.16. The maximum Gasteiger partial charge on any atom is 0.311 e. The third kappa shape index (κ3) is 5.57. The lowest BCUT2D eigenvalue weighted by Crippen LogP contribution is -2.54. The third-order valence-corrected chi connectivity index (χ3v) is 7.34. The van der Waals surface area contributed by atoms with E-state index in [1.54, 1.807) is 25.3 Å². The van der Waals surface area contributed by atoms with Crippen molar-refractivity contribution in [2.24, 2.45) is 5.16 Å². The molecule has 36 heavy (non-hydrogen) atoms. The summed E-state index contributed by atoms with van der Waals surface area (Å²) < 4.78 is 21.8. The lowest BCUT2D eigenvalue weighted by Gasteiger charge is -2.41. The highest BCUT2D eigenvalue weighted by atomic mass is 35.5. The van der Waals surface area contributed by atoms with Gasteiger partial charge in [-0.1, -0.05) is 34.4 Å². The SMILES string of the molecule is COc1cc2c(cc1OC)C(CON=C(c1ccc(Cl)c(Cl)c1)C(C)(C)N1CCOCC1)CC(=O)O2. The van der Waals surface area contributed by atoms with Crippen molar-refractivity contribution < 1.29 is 28.6 Å². The number of rotatable bonds is 8. The third-order valence-electron chi connectivity index (χ3n) is 6.60. The molecule has 2 aromatic carbocycles. The van der Waals surface area contributed by atoms with Crippen LogP contribution in [0.3, 0.4) is 0 Å². The normalized spacial score (nSPS) is 18.9. The quantitative estimate of drug-likeness (QED) is 0.204. The number of hydrogen-bond donors (Lipinski definition) is 0. The first kappa shape index (κ1) is 26.5. The van der Waals surface area contributed by atoms with Crippen LogP contribution in [0.2, 0.25) is 10.0 Å². The van der Waals surface area contributed by atoms with Crippen molar-refractivity contribution in [3.05, 3.63) is 51.5 Å². The van der Waals surface area contributed by atoms with Gasteiger partial charge in [0, 0.05) is 36.2 Å². The Kier molecular flexibility index (Phi) is 8.30. The van der Waals surface area contributed by atoms with E-state index in [1.165, 1.54) is 7.11 Å². The van der Waals surface area contributed by atoms with Crippen LogP contribution in [0, 0.1) is 0 Å². The number of ether oxygens (including phenoxy) is 4. The minimum atomic E-state index is -0.485. The molecule has 1 unspecified atom stereocenters. The molecule has 2 aliphatic rings. The van der Waals surface area contributed by atoms with Gasteiger partial charge in [0.2, 0.25) is 0 Å². The van der Waals surface area contributed by atoms with Crippen LogP contribution in [-0.4, -0.2) is 69.2 Å². The predicted molar refractivity (Wildman–Crippen MR) is 138 cm³/mol. The molecule has 1 saturated heterocycles. The molecule has 0 amide bonds. The van der Waals surface area contributed by atoms with E-state index in [1.807, 2.05) is 12.1 Å². The Bertz CT molecular complexity index is 1150. The fourth-order valence-electron chi connectivity index (χ4n) is 4.53. The molecular formula is C26H30Cl2N2O6. The Morgan fingerprint density at radius 2 is 1.78 bits per heavy atom. The van der Waals surface area contributed by atoms with E-state index in [0.717, 1.165) is 24.2 Å². The van der Waals surface area contributed by atoms with E-state index >= 15 is 0 Å². The van der Waals surface area contributed by atoms with Crippen LogP contribution in [0.25, 0.3) is 0 Å². The zero-order chi connectivity index (χ0) is 25.9. The number of oxime groups is 1. The number of methoxy groups -OCH3 is 2. The van der Waals surface area contributed by atoms with Gasteiger partial charge in [0.05, 0.1) is 49.4 Å². The Morgan fingerprint density at radius 3 is 2.44 bits per heavy atom. The zero-order valence-electron chi connectivity index (χ0n) is 20.8. The van der Waals surface area contributed by atoms with Gasteiger partial charge in [-0.25, -0.2) is 0 Å². The van der Waals surface area contributed by atoms with E-state index in [4.69, 9.17) is 47.0 Å². The second-order valence-corrected chi connectivity index (χ2v) is 9.96. The van der Waals surface area contributed by atoms with Crippen LogP contribution >= 0.6 is 23.2 Å². The summed E-state index contributed by atoms with van der Waals surface area (Å²) in [6.07, 6.45) is 0.160. The average molecular weight is 537 g/mol. The summed E-state index contributed by atoms with van der Waals surface area (Å²) in [5, 5.41) is 5.50. The number of hydrogen-bond acceptors (Lipinski definition) is 8. The molecule has 0 saturated carbocycles. The minimum absolute atomic E-state index is 0.160. The molecule has 0 radical (unpaired) electrons. The molecule has 2 heterocycles. The monoisotopic (exact) mass is 536 g/mol. The largest absolute Gasteiger partial charge is 0.493 e. The van der Waals surface area contributed by atoms with Gasteiger partial charge in [-0.2, -0.15) is 0 Å². The first-order valence-corrected chi connectivity index (χ1v) is 12.5. The van der Waals surface area contributed by atoms with Crippen LogP contribution in [0.5, 0.6) is 17.2 Å². The minimum Gasteiger partial charge on any atom is -0.493 e. The number of fused-ring (bicyclic) bond motifs is 1. The van der Waals surface area contributed by atoms with Gasteiger partial charge in [-0.15, -0.1) is 0 Å². The zero-order valence-corrected chi connectivity index (χ0v) is 22.3. The fourth-order valence-corrected chi connectivity index (χ4v) is 4.83. The number of halogens is 2. The molecule has 0 spiro atoms. The molecule has 2 aromatic rings. The molecule has 10 heteroatoms. The van der Waals surface area contributed by atoms with Crippen LogP contribution in [-0.2, 0) is 14.4 Å². The van der Waals surface area contributed by atoms with E-state index in [-0.39, 0.29) is 24.9 Å². The second kappa shape index (κ2) is 11.3. The molecule has 0 N–H and O–H groups in total. The van der Waals surface area contributed by atoms with E-state index < -0.39 is 5.54 Å². The van der Waals surface area contributed by atoms with Crippen LogP contribution in [0.1, 0.15) is 37.3 Å². The highest BCUT2D eigenvalue weighted by Gasteiger charge is 2.36. The lowest BCUT2D eigenvalue weighted by atomic mass is 9.90. The number of carbonyl (C=O) groups excluding carboxylic acids is 1. The first-order valence-electron chi connectivity index (χ1n) is 11.7. The van der Waals surface area contributed by atoms with Crippen LogP contribution < -0.4 is 14.2 Å². The summed E-state index contributed by atoms with van der Waals surface area (Å²) in [4.78, 5) is 20.6. The van der Waals surface area contributed by atoms with Crippen molar-refractivity contribution in [1.82, 2.24) is 4.90 Å². The smallest absolute Gasteiger partial charge is 0.311 e. The van der Waals surface area contributed by atoms with Gasteiger partial charge in [0.15, 0.2) is 11.5 Å². The Hall–Kier alpha value is -2.52. The van der Waals surface area contributed by atoms with Crippen molar-refractivity contribution in [3.63, 3.8) is 0 Å². The lowest BCUT2D eigenvalue weighted by molar-refractivity contribution is -0.136. The number of esters is 1. The number of morpholine rings is 1. The van der Waals surface area contributed by atoms with Crippen molar-refractivity contribution >= 4 is 34.9 Å². The summed E-state index contributed by atoms with van der Waals surface area (Å²) in [7, 11) is 3.09. The summed E-state index contributed by atoms with van der Waals surface area (Å²) in [5.74, 6) is 0.849. The molecule has 2 aliphatic heterocycles. The number of carbonyl (C=O) groups is 1. The van der Waals surface area contributed by atoms with E-state index in [9.17, 15) is 4.79 Å². The van der Waals surface area contributed by atoms with E-state index in [2.05, 4.69) is 23.9 Å². The van der Waals surface area contributed by atoms with Gasteiger partial charge in [0.1, 0.15) is 18.1 Å². The number of benzene rings is 2. The van der Waals surface area contributed by atoms with Gasteiger partial charge < -0.3 is 23.8 Å². The molecular weight excluding hydrogens is 507 g/mol. The Morgan fingerprint density at radius 1 is 1.08 bits per heavy atom. The van der Waals surface area contributed by atoms with Gasteiger partial charge in [0.25, 0.3) is 0 Å². The molecule has 0 bridgehead atoms. The second-order valence-electron chi connectivity index (χ2n) is 9.14. The predicted octanol–water partition coefficient (Wildman–Crippen LogP) is 4.94. The average Bonchev–Trinajstić information content (AvgIpc) is 2.87. The topological polar surface area (TPSA) is 78.8 Å². The first-order chi connectivity index (χ1) is 17.2. The Labute approximate surface area is 221 Å². The summed E-state index contributed by atoms with van der Waals surface area (Å²) in [6, 6.07) is 8.89. The molecule has 0 aliphatic carbocycles. The molecule has 194 valence electrons. The molecule has 1 atom stereocenters. The Balaban J connectivity index is 1.64. The molecule has 8 nitrogen and oxygen atoms in total. The molecule has 0 aromatic heterocycles. The molecule has 4 rings (SSSR count). The van der Waals surface area contributed by atoms with Crippen molar-refractivity contribution in [2.45, 2.75) is 31.7 Å². The van der Waals surface area contributed by atoms with E-state index in [0.29, 0.717) is 46.2 Å². The highest BCUT2D eigenvalue weighted by molar-refractivity contribution is 6.42. The van der Waals surface area contributed by atoms with Gasteiger partial charge >= 0.3 is 5.97 Å². The van der Waals surface area contributed by atoms with Crippen molar-refractivity contribution in [2.75, 3.05) is 47.1 Å². The maximum atomic E-state index is 12.3. The standard InChI is InChI=1S/C26H30Cl2N2O6/c1-26(2,30-7-9-34-10-8-30)25(16-5-6-19(27)20(28)11-16)29-35-15-17-12-24(31)36-21-14-23(33-4)22(32-3)13-18(17)21/h5-6,11,13-14,17H,7-10,12,15H2,1-4H3. The van der Waals surface area contributed by atoms with Gasteiger partial charge in [-0.05, 0) is 32.0 Å². The summed E-state index contributed by atoms with van der Waals surface area (Å²) in [5.41, 5.74) is 1.82. The molecule has 1 fully saturated rings. The maximum absolute atomic E-state index is 12.3.